The van der Waals surface area contributed by atoms with Crippen molar-refractivity contribution in [3.63, 3.8) is 0 Å². The summed E-state index contributed by atoms with van der Waals surface area (Å²) in [5, 5.41) is 7.42. The second-order valence-corrected chi connectivity index (χ2v) is 7.55. The van der Waals surface area contributed by atoms with Gasteiger partial charge in [0.1, 0.15) is 5.82 Å². The number of rotatable bonds is 5. The number of sulfonamides is 1. The van der Waals surface area contributed by atoms with E-state index in [2.05, 4.69) is 10.3 Å². The number of aromatic nitrogens is 3. The van der Waals surface area contributed by atoms with Gasteiger partial charge in [-0.05, 0) is 30.5 Å². The smallest absolute Gasteiger partial charge is 0.262 e. The molecular formula is C15H19FN4O3S. The third-order valence-corrected chi connectivity index (χ3v) is 6.04. The fourth-order valence-electron chi connectivity index (χ4n) is 2.79. The van der Waals surface area contributed by atoms with Crippen LogP contribution in [-0.4, -0.2) is 47.0 Å². The maximum absolute atomic E-state index is 13.1. The molecule has 1 aliphatic rings. The largest absolute Gasteiger partial charge is 0.381 e. The fraction of sp³-hybridized carbons (Fsp3) is 0.467. The van der Waals surface area contributed by atoms with Crippen molar-refractivity contribution < 1.29 is 17.5 Å². The molecule has 24 heavy (non-hydrogen) atoms. The van der Waals surface area contributed by atoms with Gasteiger partial charge in [-0.1, -0.05) is 17.3 Å². The summed E-state index contributed by atoms with van der Waals surface area (Å²) in [6.45, 7) is 1.20. The van der Waals surface area contributed by atoms with Gasteiger partial charge in [-0.3, -0.25) is 0 Å². The Hall–Kier alpha value is -1.84. The number of hydrogen-bond acceptors (Lipinski definition) is 5. The number of aryl methyl sites for hydroxylation is 1. The van der Waals surface area contributed by atoms with E-state index < -0.39 is 10.0 Å². The van der Waals surface area contributed by atoms with Crippen LogP contribution >= 0.6 is 0 Å². The Kier molecular flexibility index (Phi) is 4.93. The van der Waals surface area contributed by atoms with E-state index in [9.17, 15) is 12.8 Å². The Morgan fingerprint density at radius 3 is 2.54 bits per heavy atom. The van der Waals surface area contributed by atoms with Crippen molar-refractivity contribution in [2.45, 2.75) is 30.5 Å². The van der Waals surface area contributed by atoms with Crippen LogP contribution in [-0.2, 0) is 28.4 Å². The summed E-state index contributed by atoms with van der Waals surface area (Å²) in [6.07, 6.45) is 2.48. The highest BCUT2D eigenvalue weighted by molar-refractivity contribution is 7.89. The molecule has 9 heteroatoms. The highest BCUT2D eigenvalue weighted by Crippen LogP contribution is 2.25. The maximum atomic E-state index is 13.1. The van der Waals surface area contributed by atoms with Crippen LogP contribution in [0.1, 0.15) is 18.4 Å². The number of hydrogen-bond donors (Lipinski definition) is 0. The van der Waals surface area contributed by atoms with Gasteiger partial charge in [0.05, 0.1) is 6.20 Å². The maximum Gasteiger partial charge on any atom is 0.262 e. The van der Waals surface area contributed by atoms with Crippen molar-refractivity contribution >= 4 is 10.0 Å². The van der Waals surface area contributed by atoms with Crippen molar-refractivity contribution in [2.24, 2.45) is 7.05 Å². The molecule has 1 saturated heterocycles. The average molecular weight is 354 g/mol. The molecule has 2 aromatic rings. The minimum absolute atomic E-state index is 0.0381. The molecule has 7 nitrogen and oxygen atoms in total. The van der Waals surface area contributed by atoms with E-state index in [1.807, 2.05) is 0 Å². The van der Waals surface area contributed by atoms with E-state index >= 15 is 0 Å². The van der Waals surface area contributed by atoms with Gasteiger partial charge >= 0.3 is 0 Å². The lowest BCUT2D eigenvalue weighted by molar-refractivity contribution is 0.0568. The minimum atomic E-state index is -3.77. The first-order valence-corrected chi connectivity index (χ1v) is 9.11. The van der Waals surface area contributed by atoms with Crippen molar-refractivity contribution in [1.82, 2.24) is 19.3 Å². The summed E-state index contributed by atoms with van der Waals surface area (Å²) in [5.74, 6) is -0.352. The van der Waals surface area contributed by atoms with E-state index in [1.165, 1.54) is 27.3 Å². The first kappa shape index (κ1) is 17.0. The first-order valence-electron chi connectivity index (χ1n) is 7.67. The third-order valence-electron chi connectivity index (χ3n) is 4.10. The summed E-state index contributed by atoms with van der Waals surface area (Å²) >= 11 is 0. The van der Waals surface area contributed by atoms with Crippen LogP contribution in [0.3, 0.4) is 0 Å². The molecule has 1 aliphatic heterocycles. The van der Waals surface area contributed by atoms with Crippen molar-refractivity contribution in [3.8, 4) is 0 Å². The van der Waals surface area contributed by atoms with Gasteiger partial charge in [-0.15, -0.1) is 5.10 Å². The minimum Gasteiger partial charge on any atom is -0.381 e. The summed E-state index contributed by atoms with van der Waals surface area (Å²) < 4.78 is 47.3. The van der Waals surface area contributed by atoms with Crippen LogP contribution < -0.4 is 0 Å². The zero-order chi connectivity index (χ0) is 17.2. The zero-order valence-corrected chi connectivity index (χ0v) is 14.1. The third kappa shape index (κ3) is 3.47. The predicted molar refractivity (Wildman–Crippen MR) is 84.0 cm³/mol. The van der Waals surface area contributed by atoms with Crippen LogP contribution in [0.25, 0.3) is 0 Å². The molecule has 0 atom stereocenters. The Balaban J connectivity index is 1.95. The highest BCUT2D eigenvalue weighted by Gasteiger charge is 2.34. The molecule has 3 rings (SSSR count). The van der Waals surface area contributed by atoms with Crippen molar-refractivity contribution in [3.05, 3.63) is 41.8 Å². The molecule has 0 spiro atoms. The van der Waals surface area contributed by atoms with Gasteiger partial charge in [-0.2, -0.15) is 4.31 Å². The zero-order valence-electron chi connectivity index (χ0n) is 13.3. The molecular weight excluding hydrogens is 335 g/mol. The SMILES string of the molecule is Cn1nncc1S(=O)(=O)N(Cc1ccc(F)cc1)C1CCOCC1. The topological polar surface area (TPSA) is 77.3 Å². The standard InChI is InChI=1S/C15H19FN4O3S/c1-19-15(10-17-18-19)24(21,22)20(14-6-8-23-9-7-14)11-12-2-4-13(16)5-3-12/h2-5,10,14H,6-9,11H2,1H3. The van der Waals surface area contributed by atoms with Crippen molar-refractivity contribution in [1.29, 1.82) is 0 Å². The lowest BCUT2D eigenvalue weighted by Gasteiger charge is -2.33. The lowest BCUT2D eigenvalue weighted by atomic mass is 10.1. The molecule has 0 saturated carbocycles. The van der Waals surface area contributed by atoms with Crippen LogP contribution in [0.5, 0.6) is 0 Å². The van der Waals surface area contributed by atoms with E-state index in [-0.39, 0.29) is 23.4 Å². The average Bonchev–Trinajstić information content (AvgIpc) is 3.02. The second kappa shape index (κ2) is 6.96. The van der Waals surface area contributed by atoms with E-state index in [0.717, 1.165) is 5.56 Å². The van der Waals surface area contributed by atoms with Crippen LogP contribution in [0.15, 0.2) is 35.5 Å². The Morgan fingerprint density at radius 1 is 1.29 bits per heavy atom. The Bertz CT molecular complexity index is 785. The van der Waals surface area contributed by atoms with Gasteiger partial charge in [0.2, 0.25) is 0 Å². The van der Waals surface area contributed by atoms with Gasteiger partial charge < -0.3 is 4.74 Å². The Labute approximate surface area is 140 Å². The number of nitrogens with zero attached hydrogens (tertiary/aromatic N) is 4. The monoisotopic (exact) mass is 354 g/mol. The summed E-state index contributed by atoms with van der Waals surface area (Å²) in [6, 6.07) is 5.67. The highest BCUT2D eigenvalue weighted by atomic mass is 32.2. The normalized spacial score (nSPS) is 16.6. The fourth-order valence-corrected chi connectivity index (χ4v) is 4.50. The predicted octanol–water partition coefficient (Wildman–Crippen LogP) is 1.32. The van der Waals surface area contributed by atoms with Gasteiger partial charge in [0.25, 0.3) is 10.0 Å². The van der Waals surface area contributed by atoms with Crippen molar-refractivity contribution in [2.75, 3.05) is 13.2 Å². The first-order chi connectivity index (χ1) is 11.5. The summed E-state index contributed by atoms with van der Waals surface area (Å²) in [5.41, 5.74) is 0.724. The molecule has 0 N–H and O–H groups in total. The number of ether oxygens (including phenoxy) is 1. The van der Waals surface area contributed by atoms with Gasteiger partial charge in [0, 0.05) is 32.8 Å². The van der Waals surface area contributed by atoms with E-state index in [0.29, 0.717) is 26.1 Å². The molecule has 0 amide bonds. The summed E-state index contributed by atoms with van der Waals surface area (Å²) in [7, 11) is -2.23. The Morgan fingerprint density at radius 2 is 1.96 bits per heavy atom. The molecule has 1 fully saturated rings. The number of benzene rings is 1. The molecule has 0 unspecified atom stereocenters. The molecule has 0 bridgehead atoms. The van der Waals surface area contributed by atoms with E-state index in [4.69, 9.17) is 4.74 Å². The number of halogens is 1. The van der Waals surface area contributed by atoms with Crippen LogP contribution in [0.2, 0.25) is 0 Å². The second-order valence-electron chi connectivity index (χ2n) is 5.72. The lowest BCUT2D eigenvalue weighted by Crippen LogP contribution is -2.43. The van der Waals surface area contributed by atoms with Crippen LogP contribution in [0.4, 0.5) is 4.39 Å². The molecule has 0 aliphatic carbocycles. The van der Waals surface area contributed by atoms with E-state index in [1.54, 1.807) is 19.2 Å². The van der Waals surface area contributed by atoms with Gasteiger partial charge in [-0.25, -0.2) is 17.5 Å². The van der Waals surface area contributed by atoms with Crippen LogP contribution in [0, 0.1) is 5.82 Å². The molecule has 2 heterocycles. The summed E-state index contributed by atoms with van der Waals surface area (Å²) in [4.78, 5) is 0. The quantitative estimate of drug-likeness (QED) is 0.809. The van der Waals surface area contributed by atoms with Gasteiger partial charge in [0.15, 0.2) is 5.03 Å². The molecule has 1 aromatic carbocycles. The molecule has 130 valence electrons. The molecule has 0 radical (unpaired) electrons. The molecule has 1 aromatic heterocycles.